The van der Waals surface area contributed by atoms with E-state index in [4.69, 9.17) is 32.6 Å². The van der Waals surface area contributed by atoms with Gasteiger partial charge in [-0.3, -0.25) is 4.79 Å². The van der Waals surface area contributed by atoms with E-state index in [2.05, 4.69) is 20.6 Å². The summed E-state index contributed by atoms with van der Waals surface area (Å²) in [6.45, 7) is 9.53. The minimum absolute atomic E-state index is 0.277. The number of carbonyl (C=O) groups is 1. The zero-order valence-corrected chi connectivity index (χ0v) is 17.9. The number of rotatable bonds is 4. The third kappa shape index (κ3) is 4.31. The molecule has 1 N–H and O–H groups in total. The van der Waals surface area contributed by atoms with Crippen molar-refractivity contribution in [3.63, 3.8) is 0 Å². The van der Waals surface area contributed by atoms with Gasteiger partial charge in [0.1, 0.15) is 0 Å². The molecule has 0 saturated carbocycles. The van der Waals surface area contributed by atoms with Gasteiger partial charge in [0.05, 0.1) is 16.3 Å². The summed E-state index contributed by atoms with van der Waals surface area (Å²) < 4.78 is 5.33. The van der Waals surface area contributed by atoms with Crippen molar-refractivity contribution in [3.8, 4) is 0 Å². The number of nitrogens with zero attached hydrogens (tertiary/aromatic N) is 3. The van der Waals surface area contributed by atoms with E-state index < -0.39 is 11.6 Å². The fourth-order valence-electron chi connectivity index (χ4n) is 2.63. The Balaban J connectivity index is 1.68. The second-order valence-electron chi connectivity index (χ2n) is 8.25. The van der Waals surface area contributed by atoms with Gasteiger partial charge in [-0.1, -0.05) is 60.4 Å². The van der Waals surface area contributed by atoms with Gasteiger partial charge in [-0.15, -0.1) is 0 Å². The molecule has 0 aliphatic carbocycles. The highest BCUT2D eigenvalue weighted by atomic mass is 35.5. The zero-order valence-electron chi connectivity index (χ0n) is 16.3. The predicted octanol–water partition coefficient (Wildman–Crippen LogP) is 4.22. The third-order valence-corrected chi connectivity index (χ3v) is 4.81. The summed E-state index contributed by atoms with van der Waals surface area (Å²) in [5.41, 5.74) is 0.164. The van der Waals surface area contributed by atoms with E-state index in [1.54, 1.807) is 32.0 Å². The van der Waals surface area contributed by atoms with Crippen LogP contribution in [0.4, 0.5) is 0 Å². The normalized spacial score (nSPS) is 17.2. The number of aromatic nitrogens is 2. The molecule has 1 aliphatic heterocycles. The van der Waals surface area contributed by atoms with Crippen molar-refractivity contribution >= 4 is 34.8 Å². The summed E-state index contributed by atoms with van der Waals surface area (Å²) in [6, 6.07) is 5.09. The van der Waals surface area contributed by atoms with Crippen LogP contribution in [0.3, 0.4) is 0 Å². The predicted molar refractivity (Wildman–Crippen MR) is 107 cm³/mol. The largest absolute Gasteiger partial charge is 0.382 e. The van der Waals surface area contributed by atoms with Crippen LogP contribution >= 0.6 is 23.2 Å². The van der Waals surface area contributed by atoms with Gasteiger partial charge in [-0.2, -0.15) is 4.98 Å². The Hall–Kier alpha value is -2.12. The average molecular weight is 425 g/mol. The number of halogens is 2. The van der Waals surface area contributed by atoms with Gasteiger partial charge in [0.2, 0.25) is 12.0 Å². The van der Waals surface area contributed by atoms with Gasteiger partial charge in [0.25, 0.3) is 5.91 Å². The quantitative estimate of drug-likeness (QED) is 0.793. The average Bonchev–Trinajstić information content (AvgIpc) is 3.24. The molecule has 28 heavy (non-hydrogen) atoms. The molecule has 1 atom stereocenters. The molecule has 2 aromatic rings. The topological polar surface area (TPSA) is 89.6 Å². The Kier molecular flexibility index (Phi) is 5.42. The van der Waals surface area contributed by atoms with Crippen molar-refractivity contribution in [2.45, 2.75) is 58.1 Å². The van der Waals surface area contributed by atoms with Gasteiger partial charge in [0, 0.05) is 22.4 Å². The van der Waals surface area contributed by atoms with E-state index in [1.165, 1.54) is 0 Å². The highest BCUT2D eigenvalue weighted by molar-refractivity contribution is 6.37. The van der Waals surface area contributed by atoms with E-state index in [0.717, 1.165) is 0 Å². The van der Waals surface area contributed by atoms with E-state index in [0.29, 0.717) is 39.5 Å². The lowest BCUT2D eigenvalue weighted by Crippen LogP contribution is -2.46. The standard InChI is InChI=1S/C19H22Cl2N4O3/c1-18(2,3)17-22-16(25-28-17)19(4,5)23-15(26)14-9-13(24-27-14)11-7-6-10(20)8-12(11)21/h6-8,14H,9H2,1-5H3,(H,23,26)/t14-/m1/s1. The Morgan fingerprint density at radius 3 is 2.54 bits per heavy atom. The highest BCUT2D eigenvalue weighted by Gasteiger charge is 2.36. The van der Waals surface area contributed by atoms with Crippen molar-refractivity contribution < 1.29 is 14.2 Å². The lowest BCUT2D eigenvalue weighted by molar-refractivity contribution is -0.133. The molecule has 1 aromatic carbocycles. The molecule has 1 aliphatic rings. The highest BCUT2D eigenvalue weighted by Crippen LogP contribution is 2.27. The fraction of sp³-hybridized carbons (Fsp3) is 0.474. The zero-order chi connectivity index (χ0) is 20.7. The fourth-order valence-corrected chi connectivity index (χ4v) is 3.14. The van der Waals surface area contributed by atoms with E-state index >= 15 is 0 Å². The molecule has 0 fully saturated rings. The Labute approximate surface area is 173 Å². The van der Waals surface area contributed by atoms with Crippen LogP contribution in [0, 0.1) is 0 Å². The van der Waals surface area contributed by atoms with Crippen LogP contribution in [0.2, 0.25) is 10.0 Å². The van der Waals surface area contributed by atoms with Crippen LogP contribution in [0.15, 0.2) is 27.9 Å². The second-order valence-corrected chi connectivity index (χ2v) is 9.09. The number of nitrogens with one attached hydrogen (secondary N) is 1. The van der Waals surface area contributed by atoms with Gasteiger partial charge in [0.15, 0.2) is 5.82 Å². The van der Waals surface area contributed by atoms with Crippen LogP contribution in [0.25, 0.3) is 0 Å². The van der Waals surface area contributed by atoms with Crippen LogP contribution in [-0.4, -0.2) is 27.9 Å². The Morgan fingerprint density at radius 1 is 1.21 bits per heavy atom. The maximum Gasteiger partial charge on any atom is 0.265 e. The SMILES string of the molecule is CC(C)(C)c1nc(C(C)(C)NC(=O)[C@H]2CC(c3ccc(Cl)cc3Cl)=NO2)no1. The number of amides is 1. The summed E-state index contributed by atoms with van der Waals surface area (Å²) >= 11 is 12.1. The van der Waals surface area contributed by atoms with Crippen LogP contribution in [0.5, 0.6) is 0 Å². The molecule has 150 valence electrons. The van der Waals surface area contributed by atoms with Gasteiger partial charge in [-0.05, 0) is 26.0 Å². The maximum atomic E-state index is 12.7. The molecule has 7 nitrogen and oxygen atoms in total. The van der Waals surface area contributed by atoms with E-state index in [1.807, 2.05) is 20.8 Å². The molecule has 3 rings (SSSR count). The molecular weight excluding hydrogens is 403 g/mol. The van der Waals surface area contributed by atoms with E-state index in [9.17, 15) is 4.79 Å². The Morgan fingerprint density at radius 2 is 1.93 bits per heavy atom. The summed E-state index contributed by atoms with van der Waals surface area (Å²) in [7, 11) is 0. The first kappa shape index (κ1) is 20.6. The van der Waals surface area contributed by atoms with Crippen molar-refractivity contribution in [2.75, 3.05) is 0 Å². The summed E-state index contributed by atoms with van der Waals surface area (Å²) in [5, 5.41) is 11.9. The van der Waals surface area contributed by atoms with Gasteiger partial charge < -0.3 is 14.7 Å². The molecule has 0 bridgehead atoms. The first-order valence-electron chi connectivity index (χ1n) is 8.82. The number of oxime groups is 1. The lowest BCUT2D eigenvalue weighted by atomic mass is 9.96. The molecule has 0 spiro atoms. The van der Waals surface area contributed by atoms with Gasteiger partial charge >= 0.3 is 0 Å². The summed E-state index contributed by atoms with van der Waals surface area (Å²) in [5.74, 6) is 0.576. The molecule has 1 amide bonds. The number of hydrogen-bond donors (Lipinski definition) is 1. The van der Waals surface area contributed by atoms with Crippen molar-refractivity contribution in [1.82, 2.24) is 15.5 Å². The minimum Gasteiger partial charge on any atom is -0.382 e. The molecule has 9 heteroatoms. The third-order valence-electron chi connectivity index (χ3n) is 4.27. The number of benzene rings is 1. The summed E-state index contributed by atoms with van der Waals surface area (Å²) in [6.07, 6.45) is -0.474. The Bertz CT molecular complexity index is 932. The van der Waals surface area contributed by atoms with Crippen molar-refractivity contribution in [3.05, 3.63) is 45.5 Å². The maximum absolute atomic E-state index is 12.7. The molecule has 0 unspecified atom stereocenters. The lowest BCUT2D eigenvalue weighted by Gasteiger charge is -2.23. The molecule has 0 saturated heterocycles. The second kappa shape index (κ2) is 7.37. The van der Waals surface area contributed by atoms with Crippen molar-refractivity contribution in [1.29, 1.82) is 0 Å². The first-order valence-corrected chi connectivity index (χ1v) is 9.58. The van der Waals surface area contributed by atoms with E-state index in [-0.39, 0.29) is 11.3 Å². The van der Waals surface area contributed by atoms with Gasteiger partial charge in [-0.25, -0.2) is 0 Å². The number of carbonyl (C=O) groups excluding carboxylic acids is 1. The summed E-state index contributed by atoms with van der Waals surface area (Å²) in [4.78, 5) is 22.5. The smallest absolute Gasteiger partial charge is 0.265 e. The van der Waals surface area contributed by atoms with Crippen molar-refractivity contribution in [2.24, 2.45) is 5.16 Å². The van der Waals surface area contributed by atoms with Crippen LogP contribution in [-0.2, 0) is 20.6 Å². The number of hydrogen-bond acceptors (Lipinski definition) is 6. The van der Waals surface area contributed by atoms with Crippen LogP contribution < -0.4 is 5.32 Å². The first-order chi connectivity index (χ1) is 13.0. The monoisotopic (exact) mass is 424 g/mol. The molecule has 1 aromatic heterocycles. The molecular formula is C19H22Cl2N4O3. The van der Waals surface area contributed by atoms with Crippen LogP contribution in [0.1, 0.15) is 58.3 Å². The molecule has 0 radical (unpaired) electrons. The molecule has 2 heterocycles. The minimum atomic E-state index is -0.839.